The van der Waals surface area contributed by atoms with Gasteiger partial charge in [0.25, 0.3) is 0 Å². The van der Waals surface area contributed by atoms with E-state index in [0.29, 0.717) is 25.8 Å². The quantitative estimate of drug-likeness (QED) is 0.815. The first kappa shape index (κ1) is 15.7. The van der Waals surface area contributed by atoms with E-state index in [4.69, 9.17) is 9.47 Å². The van der Waals surface area contributed by atoms with Crippen molar-refractivity contribution in [1.29, 1.82) is 0 Å². The van der Waals surface area contributed by atoms with Crippen LogP contribution in [0.25, 0.3) is 0 Å². The summed E-state index contributed by atoms with van der Waals surface area (Å²) in [5, 5.41) is 0. The van der Waals surface area contributed by atoms with Crippen LogP contribution in [0.5, 0.6) is 6.01 Å². The molecular weight excluding hydrogens is 350 g/mol. The van der Waals surface area contributed by atoms with E-state index in [2.05, 4.69) is 25.9 Å². The van der Waals surface area contributed by atoms with Crippen LogP contribution in [-0.4, -0.2) is 53.2 Å². The lowest BCUT2D eigenvalue weighted by Gasteiger charge is -2.35. The van der Waals surface area contributed by atoms with E-state index < -0.39 is 0 Å². The van der Waals surface area contributed by atoms with E-state index in [1.807, 2.05) is 4.90 Å². The van der Waals surface area contributed by atoms with Crippen LogP contribution in [0.3, 0.4) is 0 Å². The molecule has 7 heteroatoms. The normalized spacial score (nSPS) is 23.3. The Balaban J connectivity index is 1.56. The molecule has 1 unspecified atom stereocenters. The first-order valence-corrected chi connectivity index (χ1v) is 8.52. The van der Waals surface area contributed by atoms with Crippen LogP contribution in [-0.2, 0) is 9.53 Å². The third-order valence-corrected chi connectivity index (χ3v) is 4.54. The molecule has 0 saturated carbocycles. The summed E-state index contributed by atoms with van der Waals surface area (Å²) in [5.41, 5.74) is 0. The average molecular weight is 370 g/mol. The van der Waals surface area contributed by atoms with Gasteiger partial charge in [-0.1, -0.05) is 0 Å². The van der Waals surface area contributed by atoms with Gasteiger partial charge in [-0.05, 0) is 41.6 Å². The molecule has 6 nitrogen and oxygen atoms in total. The van der Waals surface area contributed by atoms with Gasteiger partial charge in [-0.15, -0.1) is 0 Å². The lowest BCUT2D eigenvalue weighted by atomic mass is 9.97. The standard InChI is InChI=1S/C15H20BrN3O3/c16-12-8-17-15(18-9-12)22-13-2-1-5-19(10-13)14(20)11-3-6-21-7-4-11/h8-9,11,13H,1-7,10H2. The molecule has 3 heterocycles. The lowest BCUT2D eigenvalue weighted by molar-refractivity contribution is -0.141. The topological polar surface area (TPSA) is 64.5 Å². The van der Waals surface area contributed by atoms with Crippen LogP contribution in [0.4, 0.5) is 0 Å². The largest absolute Gasteiger partial charge is 0.458 e. The van der Waals surface area contributed by atoms with E-state index in [0.717, 1.165) is 36.7 Å². The number of aromatic nitrogens is 2. The minimum atomic E-state index is -0.0290. The minimum Gasteiger partial charge on any atom is -0.458 e. The Hall–Kier alpha value is -1.21. The van der Waals surface area contributed by atoms with Gasteiger partial charge < -0.3 is 14.4 Å². The summed E-state index contributed by atoms with van der Waals surface area (Å²) in [6.45, 7) is 2.82. The van der Waals surface area contributed by atoms with Gasteiger partial charge in [0, 0.05) is 38.1 Å². The second-order valence-corrected chi connectivity index (χ2v) is 6.65. The number of hydrogen-bond donors (Lipinski definition) is 0. The molecule has 1 aromatic heterocycles. The van der Waals surface area contributed by atoms with Crippen molar-refractivity contribution in [2.45, 2.75) is 31.8 Å². The van der Waals surface area contributed by atoms with E-state index in [9.17, 15) is 4.79 Å². The second-order valence-electron chi connectivity index (χ2n) is 5.74. The fraction of sp³-hybridized carbons (Fsp3) is 0.667. The molecule has 1 aromatic rings. The Labute approximate surface area is 138 Å². The molecule has 0 aliphatic carbocycles. The van der Waals surface area contributed by atoms with E-state index in [1.165, 1.54) is 0 Å². The lowest BCUT2D eigenvalue weighted by Crippen LogP contribution is -2.47. The van der Waals surface area contributed by atoms with Crippen molar-refractivity contribution in [2.24, 2.45) is 5.92 Å². The van der Waals surface area contributed by atoms with Crippen molar-refractivity contribution in [1.82, 2.24) is 14.9 Å². The van der Waals surface area contributed by atoms with Gasteiger partial charge >= 0.3 is 6.01 Å². The molecule has 0 N–H and O–H groups in total. The van der Waals surface area contributed by atoms with Crippen LogP contribution in [0, 0.1) is 5.92 Å². The molecular formula is C15H20BrN3O3. The highest BCUT2D eigenvalue weighted by Gasteiger charge is 2.30. The molecule has 2 aliphatic heterocycles. The maximum absolute atomic E-state index is 12.6. The van der Waals surface area contributed by atoms with Crippen LogP contribution in [0.1, 0.15) is 25.7 Å². The van der Waals surface area contributed by atoms with Crippen molar-refractivity contribution in [3.8, 4) is 6.01 Å². The summed E-state index contributed by atoms with van der Waals surface area (Å²) in [7, 11) is 0. The summed E-state index contributed by atoms with van der Waals surface area (Å²) in [6.07, 6.45) is 6.84. The Morgan fingerprint density at radius 3 is 2.73 bits per heavy atom. The predicted octanol–water partition coefficient (Wildman–Crippen LogP) is 2.04. The number of nitrogens with zero attached hydrogens (tertiary/aromatic N) is 3. The summed E-state index contributed by atoms with van der Waals surface area (Å²) < 4.78 is 12.0. The first-order valence-electron chi connectivity index (χ1n) is 7.73. The van der Waals surface area contributed by atoms with Gasteiger partial charge in [-0.25, -0.2) is 9.97 Å². The summed E-state index contributed by atoms with van der Waals surface area (Å²) >= 11 is 3.30. The van der Waals surface area contributed by atoms with Crippen LogP contribution < -0.4 is 4.74 Å². The molecule has 0 aromatic carbocycles. The third kappa shape index (κ3) is 3.95. The van der Waals surface area contributed by atoms with Crippen LogP contribution in [0.2, 0.25) is 0 Å². The summed E-state index contributed by atoms with van der Waals surface area (Å²) in [4.78, 5) is 22.8. The van der Waals surface area contributed by atoms with Gasteiger partial charge in [-0.2, -0.15) is 0 Å². The molecule has 1 atom stereocenters. The van der Waals surface area contributed by atoms with Crippen molar-refractivity contribution < 1.29 is 14.3 Å². The number of halogens is 1. The molecule has 120 valence electrons. The minimum absolute atomic E-state index is 0.0290. The molecule has 2 fully saturated rings. The zero-order valence-electron chi connectivity index (χ0n) is 12.4. The second kappa shape index (κ2) is 7.37. The number of hydrogen-bond acceptors (Lipinski definition) is 5. The Bertz CT molecular complexity index is 505. The van der Waals surface area contributed by atoms with Crippen molar-refractivity contribution >= 4 is 21.8 Å². The maximum Gasteiger partial charge on any atom is 0.316 e. The number of carbonyl (C=O) groups is 1. The molecule has 22 heavy (non-hydrogen) atoms. The molecule has 0 bridgehead atoms. The SMILES string of the molecule is O=C(C1CCOCC1)N1CCCC(Oc2ncc(Br)cn2)C1. The first-order chi connectivity index (χ1) is 10.7. The van der Waals surface area contributed by atoms with Crippen molar-refractivity contribution in [3.05, 3.63) is 16.9 Å². The van der Waals surface area contributed by atoms with Crippen LogP contribution in [0.15, 0.2) is 16.9 Å². The van der Waals surface area contributed by atoms with Crippen LogP contribution >= 0.6 is 15.9 Å². The average Bonchev–Trinajstić information content (AvgIpc) is 2.57. The highest BCUT2D eigenvalue weighted by atomic mass is 79.9. The highest BCUT2D eigenvalue weighted by molar-refractivity contribution is 9.10. The van der Waals surface area contributed by atoms with Gasteiger partial charge in [0.2, 0.25) is 5.91 Å². The Morgan fingerprint density at radius 1 is 1.27 bits per heavy atom. The van der Waals surface area contributed by atoms with Gasteiger partial charge in [-0.3, -0.25) is 4.79 Å². The fourth-order valence-corrected chi connectivity index (χ4v) is 3.15. The van der Waals surface area contributed by atoms with E-state index >= 15 is 0 Å². The van der Waals surface area contributed by atoms with Gasteiger partial charge in [0.1, 0.15) is 6.10 Å². The van der Waals surface area contributed by atoms with E-state index in [-0.39, 0.29) is 17.9 Å². The Kier molecular flexibility index (Phi) is 5.25. The Morgan fingerprint density at radius 2 is 2.00 bits per heavy atom. The number of ether oxygens (including phenoxy) is 2. The van der Waals surface area contributed by atoms with Crippen molar-refractivity contribution in [3.63, 3.8) is 0 Å². The number of rotatable bonds is 3. The molecule has 2 saturated heterocycles. The smallest absolute Gasteiger partial charge is 0.316 e. The fourth-order valence-electron chi connectivity index (χ4n) is 2.95. The summed E-state index contributed by atoms with van der Waals surface area (Å²) in [6, 6.07) is 0.369. The highest BCUT2D eigenvalue weighted by Crippen LogP contribution is 2.22. The summed E-state index contributed by atoms with van der Waals surface area (Å²) in [5.74, 6) is 0.352. The third-order valence-electron chi connectivity index (χ3n) is 4.13. The van der Waals surface area contributed by atoms with Gasteiger partial charge in [0.05, 0.1) is 11.0 Å². The predicted molar refractivity (Wildman–Crippen MR) is 83.5 cm³/mol. The zero-order valence-corrected chi connectivity index (χ0v) is 14.0. The van der Waals surface area contributed by atoms with Crippen molar-refractivity contribution in [2.75, 3.05) is 26.3 Å². The molecule has 2 aliphatic rings. The molecule has 0 radical (unpaired) electrons. The molecule has 0 spiro atoms. The maximum atomic E-state index is 12.6. The number of amides is 1. The van der Waals surface area contributed by atoms with E-state index in [1.54, 1.807) is 12.4 Å². The number of likely N-dealkylation sites (tertiary alicyclic amines) is 1. The number of piperidine rings is 1. The number of carbonyl (C=O) groups excluding carboxylic acids is 1. The monoisotopic (exact) mass is 369 g/mol. The molecule has 3 rings (SSSR count). The van der Waals surface area contributed by atoms with Gasteiger partial charge in [0.15, 0.2) is 0 Å². The zero-order chi connectivity index (χ0) is 15.4. The molecule has 1 amide bonds.